The van der Waals surface area contributed by atoms with Gasteiger partial charge in [-0.2, -0.15) is 0 Å². The fourth-order valence-electron chi connectivity index (χ4n) is 3.88. The molecule has 7 heteroatoms. The lowest BCUT2D eigenvalue weighted by molar-refractivity contribution is 0.556. The number of thiazole rings is 1. The van der Waals surface area contributed by atoms with Gasteiger partial charge in [-0.3, -0.25) is 0 Å². The van der Waals surface area contributed by atoms with Crippen molar-refractivity contribution < 1.29 is 8.42 Å². The molecule has 1 unspecified atom stereocenters. The lowest BCUT2D eigenvalue weighted by atomic mass is 9.89. The minimum Gasteiger partial charge on any atom is -0.346 e. The number of rotatable bonds is 7. The Morgan fingerprint density at radius 2 is 1.69 bits per heavy atom. The second-order valence-corrected chi connectivity index (χ2v) is 11.4. The number of aromatic nitrogens is 1. The van der Waals surface area contributed by atoms with E-state index in [0.29, 0.717) is 17.4 Å². The third kappa shape index (κ3) is 4.84. The standard InChI is InChI=1S/C22H33N3O2S2/c1-14(2)17-11-19(15(3)4)21(20(12-17)16(5)6)29(26,27)24-18-7-9-25(13-18)22-23-8-10-28-22/h8,10-12,14-16,18,24H,7,9,13H2,1-6H3. The zero-order valence-corrected chi connectivity index (χ0v) is 19.9. The number of nitrogens with one attached hydrogen (secondary N) is 1. The van der Waals surface area contributed by atoms with E-state index < -0.39 is 10.0 Å². The Bertz CT molecular complexity index is 906. The molecule has 160 valence electrons. The van der Waals surface area contributed by atoms with Gasteiger partial charge in [0, 0.05) is 30.7 Å². The number of hydrogen-bond acceptors (Lipinski definition) is 5. The summed E-state index contributed by atoms with van der Waals surface area (Å²) >= 11 is 1.59. The maximum atomic E-state index is 13.6. The molecule has 1 aliphatic rings. The first-order chi connectivity index (χ1) is 13.6. The van der Waals surface area contributed by atoms with Crippen LogP contribution in [0.15, 0.2) is 28.6 Å². The molecule has 0 bridgehead atoms. The minimum absolute atomic E-state index is 0.103. The van der Waals surface area contributed by atoms with Crippen molar-refractivity contribution in [3.8, 4) is 0 Å². The van der Waals surface area contributed by atoms with E-state index in [9.17, 15) is 8.42 Å². The highest BCUT2D eigenvalue weighted by atomic mass is 32.2. The van der Waals surface area contributed by atoms with Gasteiger partial charge >= 0.3 is 0 Å². The van der Waals surface area contributed by atoms with E-state index in [-0.39, 0.29) is 17.9 Å². The summed E-state index contributed by atoms with van der Waals surface area (Å²) in [5, 5.41) is 2.91. The Morgan fingerprint density at radius 1 is 1.07 bits per heavy atom. The molecule has 0 spiro atoms. The topological polar surface area (TPSA) is 62.3 Å². The van der Waals surface area contributed by atoms with Crippen molar-refractivity contribution in [2.24, 2.45) is 0 Å². The van der Waals surface area contributed by atoms with Crippen LogP contribution in [0.25, 0.3) is 0 Å². The maximum absolute atomic E-state index is 13.6. The van der Waals surface area contributed by atoms with Crippen molar-refractivity contribution in [1.82, 2.24) is 9.71 Å². The molecular formula is C22H33N3O2S2. The van der Waals surface area contributed by atoms with Crippen LogP contribution >= 0.6 is 11.3 Å². The molecule has 1 fully saturated rings. The van der Waals surface area contributed by atoms with Crippen LogP contribution in [0.3, 0.4) is 0 Å². The fourth-order valence-corrected chi connectivity index (χ4v) is 6.52. The highest BCUT2D eigenvalue weighted by molar-refractivity contribution is 7.89. The highest BCUT2D eigenvalue weighted by Crippen LogP contribution is 2.35. The van der Waals surface area contributed by atoms with Crippen molar-refractivity contribution >= 4 is 26.5 Å². The molecule has 29 heavy (non-hydrogen) atoms. The molecule has 2 aromatic rings. The van der Waals surface area contributed by atoms with Gasteiger partial charge in [0.1, 0.15) is 0 Å². The van der Waals surface area contributed by atoms with Crippen molar-refractivity contribution in [1.29, 1.82) is 0 Å². The predicted molar refractivity (Wildman–Crippen MR) is 122 cm³/mol. The Hall–Kier alpha value is -1.44. The summed E-state index contributed by atoms with van der Waals surface area (Å²) in [4.78, 5) is 7.00. The molecule has 3 rings (SSSR count). The van der Waals surface area contributed by atoms with Gasteiger partial charge in [-0.1, -0.05) is 53.7 Å². The van der Waals surface area contributed by atoms with E-state index in [0.717, 1.165) is 29.2 Å². The van der Waals surface area contributed by atoms with Crippen LogP contribution in [0.5, 0.6) is 0 Å². The monoisotopic (exact) mass is 435 g/mol. The lowest BCUT2D eigenvalue weighted by Gasteiger charge is -2.24. The fraction of sp³-hybridized carbons (Fsp3) is 0.591. The van der Waals surface area contributed by atoms with Crippen LogP contribution < -0.4 is 9.62 Å². The minimum atomic E-state index is -3.62. The molecule has 0 radical (unpaired) electrons. The molecular weight excluding hydrogens is 402 g/mol. The number of benzene rings is 1. The summed E-state index contributed by atoms with van der Waals surface area (Å²) in [6.07, 6.45) is 2.58. The second kappa shape index (κ2) is 8.74. The molecule has 5 nitrogen and oxygen atoms in total. The van der Waals surface area contributed by atoms with Gasteiger partial charge in [0.05, 0.1) is 4.90 Å². The summed E-state index contributed by atoms with van der Waals surface area (Å²) in [6.45, 7) is 14.1. The molecule has 1 aliphatic heterocycles. The molecule has 1 atom stereocenters. The smallest absolute Gasteiger partial charge is 0.241 e. The van der Waals surface area contributed by atoms with Crippen LogP contribution in [0.4, 0.5) is 5.13 Å². The number of anilines is 1. The van der Waals surface area contributed by atoms with E-state index >= 15 is 0 Å². The summed E-state index contributed by atoms with van der Waals surface area (Å²) in [7, 11) is -3.62. The van der Waals surface area contributed by atoms with Crippen LogP contribution in [-0.4, -0.2) is 32.5 Å². The Labute approximate surface area is 179 Å². The van der Waals surface area contributed by atoms with Crippen LogP contribution in [-0.2, 0) is 10.0 Å². The molecule has 2 heterocycles. The van der Waals surface area contributed by atoms with Crippen LogP contribution in [0.1, 0.15) is 82.4 Å². The van der Waals surface area contributed by atoms with Crippen LogP contribution in [0, 0.1) is 0 Å². The van der Waals surface area contributed by atoms with E-state index in [4.69, 9.17) is 0 Å². The largest absolute Gasteiger partial charge is 0.346 e. The summed E-state index contributed by atoms with van der Waals surface area (Å²) in [5.41, 5.74) is 3.04. The van der Waals surface area contributed by atoms with E-state index in [1.807, 2.05) is 5.38 Å². The molecule has 1 N–H and O–H groups in total. The molecule has 1 aromatic heterocycles. The number of hydrogen-bond donors (Lipinski definition) is 1. The first kappa shape index (κ1) is 22.2. The average Bonchev–Trinajstić information content (AvgIpc) is 3.31. The summed E-state index contributed by atoms with van der Waals surface area (Å²) in [5.74, 6) is 0.623. The van der Waals surface area contributed by atoms with Crippen molar-refractivity contribution in [3.05, 3.63) is 40.4 Å². The normalized spacial score (nSPS) is 17.8. The number of nitrogens with zero attached hydrogens (tertiary/aromatic N) is 2. The lowest BCUT2D eigenvalue weighted by Crippen LogP contribution is -2.38. The van der Waals surface area contributed by atoms with Gasteiger partial charge in [0.2, 0.25) is 10.0 Å². The number of sulfonamides is 1. The first-order valence-corrected chi connectivity index (χ1v) is 12.8. The molecule has 0 saturated carbocycles. The Kier molecular flexibility index (Phi) is 6.70. The predicted octanol–water partition coefficient (Wildman–Crippen LogP) is 5.07. The van der Waals surface area contributed by atoms with E-state index in [1.54, 1.807) is 17.5 Å². The van der Waals surface area contributed by atoms with Crippen molar-refractivity contribution in [2.75, 3.05) is 18.0 Å². The van der Waals surface area contributed by atoms with Gasteiger partial charge in [0.25, 0.3) is 0 Å². The molecule has 0 aliphatic carbocycles. The van der Waals surface area contributed by atoms with Gasteiger partial charge in [-0.25, -0.2) is 18.1 Å². The first-order valence-electron chi connectivity index (χ1n) is 10.4. The zero-order valence-electron chi connectivity index (χ0n) is 18.3. The van der Waals surface area contributed by atoms with E-state index in [1.165, 1.54) is 5.56 Å². The molecule has 1 aromatic carbocycles. The Balaban J connectivity index is 1.95. The van der Waals surface area contributed by atoms with Crippen LogP contribution in [0.2, 0.25) is 0 Å². The maximum Gasteiger partial charge on any atom is 0.241 e. The van der Waals surface area contributed by atoms with Crippen molar-refractivity contribution in [3.63, 3.8) is 0 Å². The Morgan fingerprint density at radius 3 is 2.17 bits per heavy atom. The zero-order chi connectivity index (χ0) is 21.3. The molecule has 1 saturated heterocycles. The molecule has 0 amide bonds. The third-order valence-corrected chi connectivity index (χ3v) is 8.03. The van der Waals surface area contributed by atoms with Gasteiger partial charge < -0.3 is 4.90 Å². The summed E-state index contributed by atoms with van der Waals surface area (Å²) < 4.78 is 30.2. The van der Waals surface area contributed by atoms with Crippen molar-refractivity contribution in [2.45, 2.75) is 76.7 Å². The van der Waals surface area contributed by atoms with Gasteiger partial charge in [-0.05, 0) is 40.9 Å². The third-order valence-electron chi connectivity index (χ3n) is 5.55. The second-order valence-electron chi connectivity index (χ2n) is 8.86. The van der Waals surface area contributed by atoms with Gasteiger partial charge in [-0.15, -0.1) is 11.3 Å². The van der Waals surface area contributed by atoms with E-state index in [2.05, 4.69) is 68.3 Å². The highest BCUT2D eigenvalue weighted by Gasteiger charge is 2.32. The summed E-state index contributed by atoms with van der Waals surface area (Å²) in [6, 6.07) is 4.08. The quantitative estimate of drug-likeness (QED) is 0.659. The SMILES string of the molecule is CC(C)c1cc(C(C)C)c(S(=O)(=O)NC2CCN(c3nccs3)C2)c(C(C)C)c1. The van der Waals surface area contributed by atoms with Gasteiger partial charge in [0.15, 0.2) is 5.13 Å². The average molecular weight is 436 g/mol.